The number of anilines is 1. The highest BCUT2D eigenvalue weighted by atomic mass is 32.2. The number of sulfonamides is 1. The molecule has 1 aliphatic rings. The van der Waals surface area contributed by atoms with Crippen LogP contribution in [0.4, 0.5) is 5.69 Å². The van der Waals surface area contributed by atoms with Crippen LogP contribution >= 0.6 is 0 Å². The molecule has 0 atom stereocenters. The lowest BCUT2D eigenvalue weighted by molar-refractivity contribution is 0.0982. The third kappa shape index (κ3) is 2.76. The normalized spacial score (nSPS) is 14.8. The maximum absolute atomic E-state index is 12.7. The third-order valence-electron chi connectivity index (χ3n) is 3.82. The van der Waals surface area contributed by atoms with Crippen molar-refractivity contribution in [3.8, 4) is 0 Å². The van der Waals surface area contributed by atoms with Crippen molar-refractivity contribution in [1.82, 2.24) is 0 Å². The minimum Gasteiger partial charge on any atom is -0.294 e. The first-order valence-corrected chi connectivity index (χ1v) is 8.76. The lowest BCUT2D eigenvalue weighted by Gasteiger charge is -2.29. The van der Waals surface area contributed by atoms with Crippen LogP contribution in [0.15, 0.2) is 48.5 Å². The number of nitrogens with zero attached hydrogens (tertiary/aromatic N) is 1. The van der Waals surface area contributed by atoms with E-state index in [1.807, 2.05) is 31.2 Å². The average Bonchev–Trinajstić information content (AvgIpc) is 2.50. The van der Waals surface area contributed by atoms with Crippen LogP contribution in [0.5, 0.6) is 0 Å². The van der Waals surface area contributed by atoms with Gasteiger partial charge < -0.3 is 0 Å². The molecule has 22 heavy (non-hydrogen) atoms. The van der Waals surface area contributed by atoms with Crippen molar-refractivity contribution in [3.05, 3.63) is 65.2 Å². The van der Waals surface area contributed by atoms with E-state index in [2.05, 4.69) is 0 Å². The Balaban J connectivity index is 1.94. The number of aryl methyl sites for hydroxylation is 1. The second kappa shape index (κ2) is 5.57. The summed E-state index contributed by atoms with van der Waals surface area (Å²) in [4.78, 5) is 11.9. The Morgan fingerprint density at radius 3 is 2.45 bits per heavy atom. The molecule has 0 amide bonds. The van der Waals surface area contributed by atoms with Crippen LogP contribution in [0.2, 0.25) is 0 Å². The van der Waals surface area contributed by atoms with E-state index in [0.717, 1.165) is 11.1 Å². The molecule has 3 rings (SSSR count). The maximum Gasteiger partial charge on any atom is 0.239 e. The van der Waals surface area contributed by atoms with Crippen molar-refractivity contribution in [2.75, 3.05) is 10.8 Å². The maximum atomic E-state index is 12.7. The Morgan fingerprint density at radius 1 is 1.05 bits per heavy atom. The van der Waals surface area contributed by atoms with Crippen molar-refractivity contribution >= 4 is 21.5 Å². The number of hydrogen-bond acceptors (Lipinski definition) is 3. The highest BCUT2D eigenvalue weighted by Crippen LogP contribution is 2.30. The van der Waals surface area contributed by atoms with Crippen molar-refractivity contribution < 1.29 is 13.2 Å². The fraction of sp³-hybridized carbons (Fsp3) is 0.235. The molecule has 0 saturated heterocycles. The van der Waals surface area contributed by atoms with Gasteiger partial charge in [0.1, 0.15) is 0 Å². The fourth-order valence-electron chi connectivity index (χ4n) is 2.65. The lowest BCUT2D eigenvalue weighted by Crippen LogP contribution is -2.38. The van der Waals surface area contributed by atoms with Gasteiger partial charge in [0.2, 0.25) is 10.0 Å². The first-order valence-electron chi connectivity index (χ1n) is 7.15. The molecule has 1 aliphatic heterocycles. The molecule has 0 bridgehead atoms. The van der Waals surface area contributed by atoms with Crippen LogP contribution in [-0.2, 0) is 15.8 Å². The summed E-state index contributed by atoms with van der Waals surface area (Å²) >= 11 is 0. The standard InChI is InChI=1S/C17H17NO3S/c1-13-6-8-14(9-7-13)12-22(20,21)18-11-10-17(19)15-4-2-3-5-16(15)18/h2-9H,10-12H2,1H3. The van der Waals surface area contributed by atoms with Crippen LogP contribution < -0.4 is 4.31 Å². The monoisotopic (exact) mass is 315 g/mol. The van der Waals surface area contributed by atoms with E-state index < -0.39 is 10.0 Å². The SMILES string of the molecule is Cc1ccc(CS(=O)(=O)N2CCC(=O)c3ccccc32)cc1. The Morgan fingerprint density at radius 2 is 1.73 bits per heavy atom. The van der Waals surface area contributed by atoms with Gasteiger partial charge in [0, 0.05) is 18.5 Å². The molecule has 0 radical (unpaired) electrons. The van der Waals surface area contributed by atoms with E-state index >= 15 is 0 Å². The number of hydrogen-bond donors (Lipinski definition) is 0. The van der Waals surface area contributed by atoms with Gasteiger partial charge in [0.05, 0.1) is 11.4 Å². The average molecular weight is 315 g/mol. The van der Waals surface area contributed by atoms with Gasteiger partial charge in [-0.1, -0.05) is 42.0 Å². The molecule has 0 N–H and O–H groups in total. The van der Waals surface area contributed by atoms with Crippen LogP contribution in [-0.4, -0.2) is 20.7 Å². The van der Waals surface area contributed by atoms with E-state index in [1.54, 1.807) is 24.3 Å². The summed E-state index contributed by atoms with van der Waals surface area (Å²) in [5.41, 5.74) is 2.82. The highest BCUT2D eigenvalue weighted by molar-refractivity contribution is 7.92. The van der Waals surface area contributed by atoms with Crippen LogP contribution in [0.3, 0.4) is 0 Å². The summed E-state index contributed by atoms with van der Waals surface area (Å²) in [6, 6.07) is 14.3. The summed E-state index contributed by atoms with van der Waals surface area (Å²) in [7, 11) is -3.50. The quantitative estimate of drug-likeness (QED) is 0.875. The van der Waals surface area contributed by atoms with Crippen LogP contribution in [0, 0.1) is 6.92 Å². The van der Waals surface area contributed by atoms with Gasteiger partial charge in [-0.2, -0.15) is 0 Å². The molecule has 0 aliphatic carbocycles. The Bertz CT molecular complexity index is 810. The van der Waals surface area contributed by atoms with Gasteiger partial charge in [-0.3, -0.25) is 9.10 Å². The summed E-state index contributed by atoms with van der Waals surface area (Å²) in [6.07, 6.45) is 0.226. The summed E-state index contributed by atoms with van der Waals surface area (Å²) < 4.78 is 26.8. The molecule has 0 fully saturated rings. The molecule has 0 saturated carbocycles. The van der Waals surface area contributed by atoms with Gasteiger partial charge in [-0.15, -0.1) is 0 Å². The number of fused-ring (bicyclic) bond motifs is 1. The van der Waals surface area contributed by atoms with Crippen LogP contribution in [0.25, 0.3) is 0 Å². The van der Waals surface area contributed by atoms with E-state index in [1.165, 1.54) is 4.31 Å². The Hall–Kier alpha value is -2.14. The molecule has 0 spiro atoms. The number of benzene rings is 2. The highest BCUT2D eigenvalue weighted by Gasteiger charge is 2.30. The minimum absolute atomic E-state index is 0.00242. The summed E-state index contributed by atoms with van der Waals surface area (Å²) in [5, 5.41) is 0. The molecule has 4 nitrogen and oxygen atoms in total. The smallest absolute Gasteiger partial charge is 0.239 e. The van der Waals surface area contributed by atoms with Gasteiger partial charge >= 0.3 is 0 Å². The van der Waals surface area contributed by atoms with Crippen molar-refractivity contribution in [2.24, 2.45) is 0 Å². The predicted molar refractivity (Wildman–Crippen MR) is 86.5 cm³/mol. The molecule has 1 heterocycles. The van der Waals surface area contributed by atoms with Crippen molar-refractivity contribution in [3.63, 3.8) is 0 Å². The second-order valence-corrected chi connectivity index (χ2v) is 7.40. The molecule has 0 aromatic heterocycles. The van der Waals surface area contributed by atoms with E-state index in [4.69, 9.17) is 0 Å². The first kappa shape index (κ1) is 14.8. The fourth-order valence-corrected chi connectivity index (χ4v) is 4.24. The summed E-state index contributed by atoms with van der Waals surface area (Å²) in [6.45, 7) is 2.18. The molecular formula is C17H17NO3S. The van der Waals surface area contributed by atoms with Crippen molar-refractivity contribution in [2.45, 2.75) is 19.1 Å². The number of Topliss-reactive ketones (excluding diaryl/α,β-unsaturated/α-hetero) is 1. The summed E-state index contributed by atoms with van der Waals surface area (Å²) in [5.74, 6) is -0.0621. The van der Waals surface area contributed by atoms with Gasteiger partial charge in [-0.25, -0.2) is 8.42 Å². The van der Waals surface area contributed by atoms with Gasteiger partial charge in [0.15, 0.2) is 5.78 Å². The number of ketones is 1. The number of para-hydroxylation sites is 1. The predicted octanol–water partition coefficient (Wildman–Crippen LogP) is 2.92. The van der Waals surface area contributed by atoms with Crippen molar-refractivity contribution in [1.29, 1.82) is 0 Å². The minimum atomic E-state index is -3.50. The Kier molecular flexibility index (Phi) is 3.74. The first-order chi connectivity index (χ1) is 10.5. The van der Waals surface area contributed by atoms with Gasteiger partial charge in [0.25, 0.3) is 0 Å². The largest absolute Gasteiger partial charge is 0.294 e. The van der Waals surface area contributed by atoms with Crippen LogP contribution in [0.1, 0.15) is 27.9 Å². The zero-order valence-electron chi connectivity index (χ0n) is 12.3. The molecule has 0 unspecified atom stereocenters. The molecule has 114 valence electrons. The third-order valence-corrected chi connectivity index (χ3v) is 5.57. The zero-order valence-corrected chi connectivity index (χ0v) is 13.1. The molecule has 5 heteroatoms. The van der Waals surface area contributed by atoms with E-state index in [0.29, 0.717) is 11.3 Å². The topological polar surface area (TPSA) is 54.5 Å². The molecule has 2 aromatic rings. The Labute approximate surface area is 130 Å². The molecular weight excluding hydrogens is 298 g/mol. The number of carbonyl (C=O) groups excluding carboxylic acids is 1. The zero-order chi connectivity index (χ0) is 15.7. The number of rotatable bonds is 3. The second-order valence-electron chi connectivity index (χ2n) is 5.50. The van der Waals surface area contributed by atoms with E-state index in [-0.39, 0.29) is 24.5 Å². The number of carbonyl (C=O) groups is 1. The van der Waals surface area contributed by atoms with Gasteiger partial charge in [-0.05, 0) is 24.6 Å². The molecule has 2 aromatic carbocycles. The van der Waals surface area contributed by atoms with E-state index in [9.17, 15) is 13.2 Å². The lowest BCUT2D eigenvalue weighted by atomic mass is 10.0.